The van der Waals surface area contributed by atoms with E-state index < -0.39 is 26.5 Å². The van der Waals surface area contributed by atoms with E-state index in [1.54, 1.807) is 12.1 Å². The Balaban J connectivity index is 1.73. The Morgan fingerprint density at radius 2 is 1.66 bits per heavy atom. The van der Waals surface area contributed by atoms with E-state index in [4.69, 9.17) is 9.47 Å². The molecule has 1 amide bonds. The first-order chi connectivity index (χ1) is 15.3. The molecular weight excluding hydrogens is 438 g/mol. The number of benzene rings is 2. The minimum Gasteiger partial charge on any atom is -0.493 e. The van der Waals surface area contributed by atoms with Crippen molar-refractivity contribution in [3.05, 3.63) is 57.6 Å². The van der Waals surface area contributed by atoms with Gasteiger partial charge in [0, 0.05) is 25.7 Å². The Morgan fingerprint density at radius 3 is 2.22 bits per heavy atom. The zero-order valence-electron chi connectivity index (χ0n) is 17.9. The molecule has 0 aliphatic carbocycles. The number of sulfonamides is 1. The highest BCUT2D eigenvalue weighted by atomic mass is 32.2. The van der Waals surface area contributed by atoms with E-state index in [1.165, 1.54) is 36.7 Å². The zero-order chi connectivity index (χ0) is 23.3. The van der Waals surface area contributed by atoms with Crippen LogP contribution in [0.2, 0.25) is 0 Å². The fourth-order valence-electron chi connectivity index (χ4n) is 3.51. The number of methoxy groups -OCH3 is 2. The lowest BCUT2D eigenvalue weighted by Gasteiger charge is -2.25. The van der Waals surface area contributed by atoms with Gasteiger partial charge in [-0.05, 0) is 30.5 Å². The summed E-state index contributed by atoms with van der Waals surface area (Å²) in [6.07, 6.45) is 2.74. The van der Waals surface area contributed by atoms with E-state index in [0.29, 0.717) is 18.7 Å². The summed E-state index contributed by atoms with van der Waals surface area (Å²) in [6.45, 7) is 1.10. The predicted octanol–water partition coefficient (Wildman–Crippen LogP) is 2.72. The molecule has 0 aromatic heterocycles. The van der Waals surface area contributed by atoms with Crippen molar-refractivity contribution in [3.63, 3.8) is 0 Å². The highest BCUT2D eigenvalue weighted by molar-refractivity contribution is 7.89. The van der Waals surface area contributed by atoms with Gasteiger partial charge in [-0.25, -0.2) is 8.42 Å². The molecule has 1 heterocycles. The average Bonchev–Trinajstić information content (AvgIpc) is 2.82. The number of rotatable bonds is 8. The maximum Gasteiger partial charge on any atom is 0.286 e. The minimum absolute atomic E-state index is 0.0639. The first kappa shape index (κ1) is 23.5. The number of hydrogen-bond donors (Lipinski definition) is 1. The molecule has 3 rings (SSSR count). The minimum atomic E-state index is -3.54. The second-order valence-corrected chi connectivity index (χ2v) is 9.21. The van der Waals surface area contributed by atoms with Crippen LogP contribution < -0.4 is 14.8 Å². The van der Waals surface area contributed by atoms with Gasteiger partial charge in [0.2, 0.25) is 10.0 Å². The molecule has 0 atom stereocenters. The van der Waals surface area contributed by atoms with Gasteiger partial charge in [0.1, 0.15) is 5.56 Å². The molecule has 2 aromatic carbocycles. The third-order valence-corrected chi connectivity index (χ3v) is 7.19. The summed E-state index contributed by atoms with van der Waals surface area (Å²) < 4.78 is 37.1. The van der Waals surface area contributed by atoms with Crippen LogP contribution in [0.25, 0.3) is 0 Å². The number of hydrogen-bond acceptors (Lipinski definition) is 7. The van der Waals surface area contributed by atoms with Gasteiger partial charge in [0.25, 0.3) is 11.6 Å². The zero-order valence-corrected chi connectivity index (χ0v) is 18.7. The van der Waals surface area contributed by atoms with Crippen molar-refractivity contribution in [1.29, 1.82) is 0 Å². The molecule has 1 aliphatic heterocycles. The van der Waals surface area contributed by atoms with Crippen LogP contribution in [0.3, 0.4) is 0 Å². The van der Waals surface area contributed by atoms with Crippen LogP contribution in [0.1, 0.15) is 35.2 Å². The van der Waals surface area contributed by atoms with Crippen LogP contribution in [0.15, 0.2) is 41.3 Å². The molecule has 0 radical (unpaired) electrons. The van der Waals surface area contributed by atoms with Crippen LogP contribution in [0.5, 0.6) is 11.5 Å². The standard InChI is InChI=1S/C21H25N3O7S/c1-30-19-12-17(18(24(26)27)13-20(19)31-2)21(25)22-14-15-6-8-16(9-7-15)32(28,29)23-10-4-3-5-11-23/h6-9,12-13H,3-5,10-11,14H2,1-2H3,(H,22,25). The quantitative estimate of drug-likeness (QED) is 0.471. The maximum atomic E-state index is 12.7. The predicted molar refractivity (Wildman–Crippen MR) is 116 cm³/mol. The van der Waals surface area contributed by atoms with Gasteiger partial charge in [-0.2, -0.15) is 4.31 Å². The maximum absolute atomic E-state index is 12.7. The Kier molecular flexibility index (Phi) is 7.31. The summed E-state index contributed by atoms with van der Waals surface area (Å²) >= 11 is 0. The lowest BCUT2D eigenvalue weighted by molar-refractivity contribution is -0.385. The van der Waals surface area contributed by atoms with Crippen LogP contribution in [-0.2, 0) is 16.6 Å². The van der Waals surface area contributed by atoms with E-state index in [0.717, 1.165) is 25.3 Å². The molecule has 172 valence electrons. The van der Waals surface area contributed by atoms with Crippen molar-refractivity contribution >= 4 is 21.6 Å². The van der Waals surface area contributed by atoms with Crippen molar-refractivity contribution in [3.8, 4) is 11.5 Å². The van der Waals surface area contributed by atoms with E-state index in [1.807, 2.05) is 0 Å². The van der Waals surface area contributed by atoms with Crippen molar-refractivity contribution in [2.24, 2.45) is 0 Å². The second kappa shape index (κ2) is 9.96. The van der Waals surface area contributed by atoms with Crippen LogP contribution in [0, 0.1) is 10.1 Å². The smallest absolute Gasteiger partial charge is 0.286 e. The topological polar surface area (TPSA) is 128 Å². The number of carbonyl (C=O) groups excluding carboxylic acids is 1. The number of nitro benzene ring substituents is 1. The third kappa shape index (κ3) is 5.00. The van der Waals surface area contributed by atoms with Gasteiger partial charge in [-0.15, -0.1) is 0 Å². The summed E-state index contributed by atoms with van der Waals surface area (Å²) in [6, 6.07) is 8.61. The van der Waals surface area contributed by atoms with Crippen LogP contribution in [0.4, 0.5) is 5.69 Å². The number of piperidine rings is 1. The number of nitrogens with zero attached hydrogens (tertiary/aromatic N) is 2. The molecule has 0 saturated carbocycles. The van der Waals surface area contributed by atoms with Gasteiger partial charge in [0.15, 0.2) is 11.5 Å². The fourth-order valence-corrected chi connectivity index (χ4v) is 5.03. The first-order valence-electron chi connectivity index (χ1n) is 10.1. The fraction of sp³-hybridized carbons (Fsp3) is 0.381. The summed E-state index contributed by atoms with van der Waals surface area (Å²) in [7, 11) is -0.828. The molecule has 0 spiro atoms. The molecule has 1 saturated heterocycles. The van der Waals surface area contributed by atoms with E-state index in [9.17, 15) is 23.3 Å². The lowest BCUT2D eigenvalue weighted by Crippen LogP contribution is -2.35. The molecule has 1 aliphatic rings. The lowest BCUT2D eigenvalue weighted by atomic mass is 10.1. The molecule has 32 heavy (non-hydrogen) atoms. The molecule has 10 nitrogen and oxygen atoms in total. The Hall–Kier alpha value is -3.18. The molecule has 11 heteroatoms. The van der Waals surface area contributed by atoms with Crippen molar-refractivity contribution in [1.82, 2.24) is 9.62 Å². The number of ether oxygens (including phenoxy) is 2. The number of nitrogens with one attached hydrogen (secondary N) is 1. The Bertz CT molecular complexity index is 1100. The van der Waals surface area contributed by atoms with E-state index >= 15 is 0 Å². The van der Waals surface area contributed by atoms with Crippen molar-refractivity contribution < 1.29 is 27.6 Å². The Labute approximate surface area is 186 Å². The molecular formula is C21H25N3O7S. The van der Waals surface area contributed by atoms with E-state index in [-0.39, 0.29) is 28.5 Å². The monoisotopic (exact) mass is 463 g/mol. The number of carbonyl (C=O) groups is 1. The van der Waals surface area contributed by atoms with Gasteiger partial charge in [0.05, 0.1) is 30.1 Å². The molecule has 0 unspecified atom stereocenters. The largest absolute Gasteiger partial charge is 0.493 e. The van der Waals surface area contributed by atoms with Crippen LogP contribution in [-0.4, -0.2) is 50.9 Å². The summed E-state index contributed by atoms with van der Waals surface area (Å²) in [5, 5.41) is 14.0. The average molecular weight is 464 g/mol. The van der Waals surface area contributed by atoms with Crippen molar-refractivity contribution in [2.75, 3.05) is 27.3 Å². The third-order valence-electron chi connectivity index (χ3n) is 5.27. The van der Waals surface area contributed by atoms with Gasteiger partial charge < -0.3 is 14.8 Å². The number of amides is 1. The van der Waals surface area contributed by atoms with Crippen LogP contribution >= 0.6 is 0 Å². The molecule has 0 bridgehead atoms. The molecule has 2 aromatic rings. The first-order valence-corrected chi connectivity index (χ1v) is 11.5. The van der Waals surface area contributed by atoms with E-state index in [2.05, 4.69) is 5.32 Å². The van der Waals surface area contributed by atoms with Crippen molar-refractivity contribution in [2.45, 2.75) is 30.7 Å². The van der Waals surface area contributed by atoms with Gasteiger partial charge in [-0.3, -0.25) is 14.9 Å². The number of nitro groups is 1. The normalized spacial score (nSPS) is 14.6. The highest BCUT2D eigenvalue weighted by Crippen LogP contribution is 2.34. The second-order valence-electron chi connectivity index (χ2n) is 7.27. The SMILES string of the molecule is COc1cc(C(=O)NCc2ccc(S(=O)(=O)N3CCCCC3)cc2)c([N+](=O)[O-])cc1OC. The van der Waals surface area contributed by atoms with Gasteiger partial charge >= 0.3 is 0 Å². The molecule has 1 fully saturated rings. The summed E-state index contributed by atoms with van der Waals surface area (Å²) in [4.78, 5) is 23.6. The summed E-state index contributed by atoms with van der Waals surface area (Å²) in [5.41, 5.74) is 0.0687. The Morgan fingerprint density at radius 1 is 1.06 bits per heavy atom. The summed E-state index contributed by atoms with van der Waals surface area (Å²) in [5.74, 6) is -0.334. The van der Waals surface area contributed by atoms with Gasteiger partial charge in [-0.1, -0.05) is 18.6 Å². The highest BCUT2D eigenvalue weighted by Gasteiger charge is 2.26. The molecule has 1 N–H and O–H groups in total.